The number of aryl methyl sites for hydroxylation is 1. The van der Waals surface area contributed by atoms with E-state index in [1.165, 1.54) is 0 Å². The van der Waals surface area contributed by atoms with Crippen molar-refractivity contribution >= 4 is 49.2 Å². The van der Waals surface area contributed by atoms with Crippen molar-refractivity contribution in [2.45, 2.75) is 28.4 Å². The number of fused-ring (bicyclic) bond motifs is 1. The SMILES string of the molecule is CCc1ccc(C(=O)[C@H](Br)[C@H](c2ccccc2)C2(Br)C(=O)c3ccccc3C2=O)cc1. The molecule has 0 fully saturated rings. The van der Waals surface area contributed by atoms with Gasteiger partial charge in [-0.15, -0.1) is 0 Å². The summed E-state index contributed by atoms with van der Waals surface area (Å²) in [7, 11) is 0. The summed E-state index contributed by atoms with van der Waals surface area (Å²) in [5.41, 5.74) is 3.16. The second-order valence-corrected chi connectivity index (χ2v) is 9.86. The Morgan fingerprint density at radius 2 is 1.35 bits per heavy atom. The van der Waals surface area contributed by atoms with E-state index >= 15 is 0 Å². The number of hydrogen-bond acceptors (Lipinski definition) is 3. The quantitative estimate of drug-likeness (QED) is 0.213. The summed E-state index contributed by atoms with van der Waals surface area (Å²) in [6.45, 7) is 2.05. The van der Waals surface area contributed by atoms with E-state index in [0.29, 0.717) is 16.7 Å². The molecule has 5 heteroatoms. The van der Waals surface area contributed by atoms with Crippen LogP contribution in [-0.2, 0) is 6.42 Å². The van der Waals surface area contributed by atoms with Gasteiger partial charge in [0.15, 0.2) is 21.7 Å². The summed E-state index contributed by atoms with van der Waals surface area (Å²) in [4.78, 5) is 39.6. The molecule has 156 valence electrons. The third-order valence-corrected chi connectivity index (χ3v) is 8.01. The van der Waals surface area contributed by atoms with Crippen molar-refractivity contribution in [3.05, 3.63) is 107 Å². The molecule has 31 heavy (non-hydrogen) atoms. The van der Waals surface area contributed by atoms with Crippen LogP contribution in [0, 0.1) is 0 Å². The predicted octanol–water partition coefficient (Wildman–Crippen LogP) is 6.19. The van der Waals surface area contributed by atoms with Gasteiger partial charge < -0.3 is 0 Å². The molecule has 1 aliphatic carbocycles. The molecule has 0 saturated heterocycles. The van der Waals surface area contributed by atoms with E-state index in [1.54, 1.807) is 36.4 Å². The van der Waals surface area contributed by atoms with E-state index in [0.717, 1.165) is 17.5 Å². The lowest BCUT2D eigenvalue weighted by atomic mass is 9.78. The Kier molecular flexibility index (Phi) is 6.09. The number of ketones is 3. The van der Waals surface area contributed by atoms with Crippen molar-refractivity contribution < 1.29 is 14.4 Å². The molecule has 3 aromatic rings. The lowest BCUT2D eigenvalue weighted by Crippen LogP contribution is -2.46. The summed E-state index contributed by atoms with van der Waals surface area (Å²) in [5.74, 6) is -1.55. The molecule has 0 heterocycles. The summed E-state index contributed by atoms with van der Waals surface area (Å²) >= 11 is 7.12. The molecule has 3 aromatic carbocycles. The van der Waals surface area contributed by atoms with Gasteiger partial charge in [0.25, 0.3) is 0 Å². The van der Waals surface area contributed by atoms with Crippen molar-refractivity contribution in [2.24, 2.45) is 0 Å². The molecule has 4 rings (SSSR count). The first-order valence-corrected chi connectivity index (χ1v) is 11.8. The highest BCUT2D eigenvalue weighted by Gasteiger charge is 2.59. The summed E-state index contributed by atoms with van der Waals surface area (Å²) in [6, 6.07) is 23.5. The molecule has 0 unspecified atom stereocenters. The lowest BCUT2D eigenvalue weighted by Gasteiger charge is -2.33. The fourth-order valence-electron chi connectivity index (χ4n) is 4.13. The first kappa shape index (κ1) is 21.8. The normalized spacial score (nSPS) is 16.6. The van der Waals surface area contributed by atoms with Crippen molar-refractivity contribution in [3.8, 4) is 0 Å². The highest BCUT2D eigenvalue weighted by Crippen LogP contribution is 2.49. The van der Waals surface area contributed by atoms with E-state index in [1.807, 2.05) is 42.5 Å². The predicted molar refractivity (Wildman–Crippen MR) is 129 cm³/mol. The van der Waals surface area contributed by atoms with Gasteiger partial charge in [0, 0.05) is 22.6 Å². The van der Waals surface area contributed by atoms with E-state index in [9.17, 15) is 14.4 Å². The maximum absolute atomic E-state index is 13.5. The van der Waals surface area contributed by atoms with Gasteiger partial charge in [-0.1, -0.05) is 118 Å². The number of alkyl halides is 2. The van der Waals surface area contributed by atoms with Gasteiger partial charge in [-0.2, -0.15) is 0 Å². The van der Waals surface area contributed by atoms with E-state index in [-0.39, 0.29) is 17.3 Å². The van der Waals surface area contributed by atoms with Crippen LogP contribution >= 0.6 is 31.9 Å². The van der Waals surface area contributed by atoms with Gasteiger partial charge in [-0.25, -0.2) is 0 Å². The third-order valence-electron chi connectivity index (χ3n) is 5.85. The van der Waals surface area contributed by atoms with Gasteiger partial charge in [-0.05, 0) is 17.5 Å². The fraction of sp³-hybridized carbons (Fsp3) is 0.192. The number of halogens is 2. The van der Waals surface area contributed by atoms with Crippen molar-refractivity contribution in [2.75, 3.05) is 0 Å². The van der Waals surface area contributed by atoms with Gasteiger partial charge >= 0.3 is 0 Å². The number of Topliss-reactive ketones (excluding diaryl/α,β-unsaturated/α-hetero) is 3. The van der Waals surface area contributed by atoms with Gasteiger partial charge in [0.1, 0.15) is 0 Å². The molecule has 0 bridgehead atoms. The number of benzene rings is 3. The Balaban J connectivity index is 1.81. The molecular weight excluding hydrogens is 520 g/mol. The lowest BCUT2D eigenvalue weighted by molar-refractivity contribution is 0.0844. The molecule has 0 spiro atoms. The monoisotopic (exact) mass is 538 g/mol. The topological polar surface area (TPSA) is 51.2 Å². The molecular formula is C26H20Br2O3. The van der Waals surface area contributed by atoms with Gasteiger partial charge in [0.05, 0.1) is 4.83 Å². The van der Waals surface area contributed by atoms with Crippen LogP contribution in [0.3, 0.4) is 0 Å². The Morgan fingerprint density at radius 3 is 1.87 bits per heavy atom. The van der Waals surface area contributed by atoms with Crippen LogP contribution in [-0.4, -0.2) is 26.5 Å². The van der Waals surface area contributed by atoms with E-state index in [4.69, 9.17) is 0 Å². The van der Waals surface area contributed by atoms with E-state index in [2.05, 4.69) is 38.8 Å². The first-order valence-electron chi connectivity index (χ1n) is 10.1. The number of carbonyl (C=O) groups excluding carboxylic acids is 3. The molecule has 0 saturated carbocycles. The van der Waals surface area contributed by atoms with Crippen LogP contribution in [0.15, 0.2) is 78.9 Å². The minimum absolute atomic E-state index is 0.174. The molecule has 2 atom stereocenters. The maximum Gasteiger partial charge on any atom is 0.188 e. The average Bonchev–Trinajstić information content (AvgIpc) is 3.01. The first-order chi connectivity index (χ1) is 14.9. The second-order valence-electron chi connectivity index (χ2n) is 7.62. The van der Waals surface area contributed by atoms with Crippen molar-refractivity contribution in [1.29, 1.82) is 0 Å². The summed E-state index contributed by atoms with van der Waals surface area (Å²) in [6.07, 6.45) is 0.880. The standard InChI is InChI=1S/C26H20Br2O3/c1-2-16-12-14-18(15-13-16)23(29)22(27)21(17-8-4-3-5-9-17)26(28)24(30)19-10-6-7-11-20(19)25(26)31/h3-15,21-22H,2H2,1H3/t21-,22+/m0/s1. The zero-order chi connectivity index (χ0) is 22.2. The molecule has 0 radical (unpaired) electrons. The smallest absolute Gasteiger partial charge is 0.188 e. The van der Waals surface area contributed by atoms with Crippen LogP contribution in [0.1, 0.15) is 55.0 Å². The van der Waals surface area contributed by atoms with Gasteiger partial charge in [0.2, 0.25) is 0 Å². The summed E-state index contributed by atoms with van der Waals surface area (Å²) in [5, 5.41) is 0. The van der Waals surface area contributed by atoms with E-state index < -0.39 is 15.1 Å². The Hall–Kier alpha value is -2.37. The number of hydrogen-bond donors (Lipinski definition) is 0. The van der Waals surface area contributed by atoms with Crippen LogP contribution in [0.2, 0.25) is 0 Å². The number of carbonyl (C=O) groups is 3. The molecule has 0 aromatic heterocycles. The van der Waals surface area contributed by atoms with Crippen LogP contribution in [0.25, 0.3) is 0 Å². The Morgan fingerprint density at radius 1 is 0.839 bits per heavy atom. The molecule has 3 nitrogen and oxygen atoms in total. The van der Waals surface area contributed by atoms with Crippen LogP contribution in [0.4, 0.5) is 0 Å². The minimum Gasteiger partial charge on any atom is -0.293 e. The highest BCUT2D eigenvalue weighted by molar-refractivity contribution is 9.11. The largest absolute Gasteiger partial charge is 0.293 e. The third kappa shape index (κ3) is 3.64. The Labute approximate surface area is 198 Å². The molecule has 0 aliphatic heterocycles. The maximum atomic E-state index is 13.5. The van der Waals surface area contributed by atoms with Crippen LogP contribution in [0.5, 0.6) is 0 Å². The van der Waals surface area contributed by atoms with Gasteiger partial charge in [-0.3, -0.25) is 14.4 Å². The Bertz CT molecular complexity index is 1120. The second kappa shape index (κ2) is 8.64. The zero-order valence-corrected chi connectivity index (χ0v) is 20.0. The molecule has 0 amide bonds. The minimum atomic E-state index is -1.56. The van der Waals surface area contributed by atoms with Crippen molar-refractivity contribution in [1.82, 2.24) is 0 Å². The molecule has 0 N–H and O–H groups in total. The zero-order valence-electron chi connectivity index (χ0n) is 16.8. The molecule has 1 aliphatic rings. The fourth-order valence-corrected chi connectivity index (χ4v) is 6.41. The van der Waals surface area contributed by atoms with Crippen LogP contribution < -0.4 is 0 Å². The summed E-state index contributed by atoms with van der Waals surface area (Å²) < 4.78 is -1.56. The highest BCUT2D eigenvalue weighted by atomic mass is 79.9. The number of rotatable bonds is 6. The average molecular weight is 540 g/mol. The van der Waals surface area contributed by atoms with Crippen molar-refractivity contribution in [3.63, 3.8) is 0 Å².